The molecule has 2 aromatic rings. The molecular weight excluding hydrogens is 260 g/mol. The fourth-order valence-corrected chi connectivity index (χ4v) is 2.73. The Bertz CT molecular complexity index is 647. The summed E-state index contributed by atoms with van der Waals surface area (Å²) in [6.07, 6.45) is 2.37. The van der Waals surface area contributed by atoms with Crippen molar-refractivity contribution in [2.24, 2.45) is 7.05 Å². The van der Waals surface area contributed by atoms with Crippen molar-refractivity contribution in [1.82, 2.24) is 14.8 Å². The van der Waals surface area contributed by atoms with Crippen molar-refractivity contribution in [1.29, 1.82) is 0 Å². The molecule has 1 unspecified atom stereocenters. The van der Waals surface area contributed by atoms with Crippen molar-refractivity contribution >= 4 is 5.69 Å². The van der Waals surface area contributed by atoms with Crippen LogP contribution in [0.4, 0.5) is 5.69 Å². The molecule has 20 heavy (non-hydrogen) atoms. The number of aryl methyl sites for hydroxylation is 1. The van der Waals surface area contributed by atoms with Crippen molar-refractivity contribution in [3.8, 4) is 0 Å². The lowest BCUT2D eigenvalue weighted by molar-refractivity contribution is -0.385. The highest BCUT2D eigenvalue weighted by Crippen LogP contribution is 2.39. The molecule has 7 nitrogen and oxygen atoms in total. The molecule has 1 atom stereocenters. The first kappa shape index (κ1) is 12.7. The Labute approximate surface area is 115 Å². The minimum Gasteiger partial charge on any atom is -0.380 e. The molecule has 1 aromatic heterocycles. The summed E-state index contributed by atoms with van der Waals surface area (Å²) < 4.78 is 7.38. The molecular formula is C13H14N4O3. The van der Waals surface area contributed by atoms with Gasteiger partial charge in [-0.05, 0) is 12.0 Å². The summed E-state index contributed by atoms with van der Waals surface area (Å²) in [7, 11) is 1.87. The minimum atomic E-state index is -0.461. The number of non-ortho nitro benzene ring substituents is 1. The lowest BCUT2D eigenvalue weighted by Gasteiger charge is -2.26. The van der Waals surface area contributed by atoms with Crippen molar-refractivity contribution in [2.45, 2.75) is 11.8 Å². The second kappa shape index (κ2) is 4.68. The van der Waals surface area contributed by atoms with Crippen LogP contribution in [0.5, 0.6) is 0 Å². The number of hydrogen-bond acceptors (Lipinski definition) is 5. The van der Waals surface area contributed by atoms with Gasteiger partial charge in [0, 0.05) is 25.8 Å². The molecule has 0 radical (unpaired) electrons. The molecule has 0 aliphatic carbocycles. The normalized spacial score (nSPS) is 22.1. The third-order valence-corrected chi connectivity index (χ3v) is 3.77. The zero-order valence-electron chi connectivity index (χ0n) is 11.0. The molecule has 0 bridgehead atoms. The predicted octanol–water partition coefficient (Wildman–Crippen LogP) is 1.43. The Balaban J connectivity index is 2.14. The molecule has 0 spiro atoms. The molecule has 0 N–H and O–H groups in total. The molecule has 0 amide bonds. The quantitative estimate of drug-likeness (QED) is 0.624. The minimum absolute atomic E-state index is 0.0796. The second-order valence-corrected chi connectivity index (χ2v) is 4.96. The first-order valence-electron chi connectivity index (χ1n) is 6.31. The molecule has 1 fully saturated rings. The third kappa shape index (κ3) is 1.87. The Morgan fingerprint density at radius 3 is 2.95 bits per heavy atom. The zero-order chi connectivity index (χ0) is 14.2. The van der Waals surface area contributed by atoms with E-state index < -0.39 is 5.41 Å². The number of hydrogen-bond donors (Lipinski definition) is 0. The molecule has 7 heteroatoms. The average Bonchev–Trinajstić information content (AvgIpc) is 3.08. The summed E-state index contributed by atoms with van der Waals surface area (Å²) in [6, 6.07) is 6.67. The maximum Gasteiger partial charge on any atom is 0.269 e. The predicted molar refractivity (Wildman–Crippen MR) is 70.3 cm³/mol. The van der Waals surface area contributed by atoms with Crippen molar-refractivity contribution in [3.05, 3.63) is 52.1 Å². The van der Waals surface area contributed by atoms with E-state index in [1.54, 1.807) is 18.5 Å². The number of rotatable bonds is 3. The van der Waals surface area contributed by atoms with Gasteiger partial charge < -0.3 is 9.30 Å². The molecule has 1 saturated heterocycles. The van der Waals surface area contributed by atoms with Gasteiger partial charge in [0.05, 0.1) is 16.9 Å². The summed E-state index contributed by atoms with van der Waals surface area (Å²) in [4.78, 5) is 10.6. The van der Waals surface area contributed by atoms with Crippen LogP contribution in [0.15, 0.2) is 30.6 Å². The van der Waals surface area contributed by atoms with Gasteiger partial charge in [-0.1, -0.05) is 12.1 Å². The standard InChI is InChI=1S/C13H14N4O3/c1-16-9-14-15-12(16)13(5-6-20-8-13)10-3-2-4-11(7-10)17(18)19/h2-4,7,9H,5-6,8H2,1H3. The number of benzene rings is 1. The SMILES string of the molecule is Cn1cnnc1C1(c2cccc([N+](=O)[O-])c2)CCOC1. The first-order chi connectivity index (χ1) is 9.63. The van der Waals surface area contributed by atoms with Crippen LogP contribution in [0.1, 0.15) is 17.8 Å². The van der Waals surface area contributed by atoms with E-state index in [2.05, 4.69) is 10.2 Å². The van der Waals surface area contributed by atoms with Gasteiger partial charge in [-0.2, -0.15) is 0 Å². The summed E-state index contributed by atoms with van der Waals surface area (Å²) in [5, 5.41) is 19.1. The topological polar surface area (TPSA) is 83.1 Å². The Morgan fingerprint density at radius 2 is 2.35 bits per heavy atom. The van der Waals surface area contributed by atoms with Gasteiger partial charge >= 0.3 is 0 Å². The van der Waals surface area contributed by atoms with Crippen molar-refractivity contribution in [2.75, 3.05) is 13.2 Å². The van der Waals surface area contributed by atoms with E-state index >= 15 is 0 Å². The molecule has 1 aliphatic heterocycles. The molecule has 1 aromatic carbocycles. The van der Waals surface area contributed by atoms with Crippen LogP contribution in [-0.2, 0) is 17.2 Å². The highest BCUT2D eigenvalue weighted by atomic mass is 16.6. The molecule has 0 saturated carbocycles. The number of nitro groups is 1. The van der Waals surface area contributed by atoms with Gasteiger partial charge in [-0.15, -0.1) is 10.2 Å². The summed E-state index contributed by atoms with van der Waals surface area (Å²) in [5.41, 5.74) is 0.466. The van der Waals surface area contributed by atoms with E-state index in [1.807, 2.05) is 17.7 Å². The van der Waals surface area contributed by atoms with E-state index in [1.165, 1.54) is 6.07 Å². The molecule has 1 aliphatic rings. The van der Waals surface area contributed by atoms with E-state index in [9.17, 15) is 10.1 Å². The fourth-order valence-electron chi connectivity index (χ4n) is 2.73. The Morgan fingerprint density at radius 1 is 1.50 bits per heavy atom. The number of ether oxygens (including phenoxy) is 1. The molecule has 2 heterocycles. The average molecular weight is 274 g/mol. The van der Waals surface area contributed by atoms with Crippen LogP contribution >= 0.6 is 0 Å². The summed E-state index contributed by atoms with van der Waals surface area (Å²) in [5.74, 6) is 0.774. The lowest BCUT2D eigenvalue weighted by Crippen LogP contribution is -2.31. The largest absolute Gasteiger partial charge is 0.380 e. The third-order valence-electron chi connectivity index (χ3n) is 3.77. The lowest BCUT2D eigenvalue weighted by atomic mass is 9.78. The van der Waals surface area contributed by atoms with Crippen LogP contribution in [0.2, 0.25) is 0 Å². The van der Waals surface area contributed by atoms with Crippen LogP contribution in [0.25, 0.3) is 0 Å². The van der Waals surface area contributed by atoms with Gasteiger partial charge in [0.15, 0.2) is 0 Å². The zero-order valence-corrected chi connectivity index (χ0v) is 11.0. The van der Waals surface area contributed by atoms with Crippen LogP contribution < -0.4 is 0 Å². The van der Waals surface area contributed by atoms with E-state index in [0.29, 0.717) is 13.2 Å². The monoisotopic (exact) mass is 274 g/mol. The van der Waals surface area contributed by atoms with E-state index in [-0.39, 0.29) is 10.6 Å². The maximum atomic E-state index is 11.0. The van der Waals surface area contributed by atoms with E-state index in [4.69, 9.17) is 4.74 Å². The Kier molecular flexibility index (Phi) is 2.98. The number of aromatic nitrogens is 3. The van der Waals surface area contributed by atoms with Gasteiger partial charge in [0.1, 0.15) is 12.2 Å². The van der Waals surface area contributed by atoms with Crippen molar-refractivity contribution < 1.29 is 9.66 Å². The number of nitro benzene ring substituents is 1. The second-order valence-electron chi connectivity index (χ2n) is 4.96. The van der Waals surface area contributed by atoms with Crippen LogP contribution in [0, 0.1) is 10.1 Å². The van der Waals surface area contributed by atoms with Gasteiger partial charge in [0.2, 0.25) is 0 Å². The van der Waals surface area contributed by atoms with Crippen molar-refractivity contribution in [3.63, 3.8) is 0 Å². The smallest absolute Gasteiger partial charge is 0.269 e. The Hall–Kier alpha value is -2.28. The summed E-state index contributed by atoms with van der Waals surface area (Å²) in [6.45, 7) is 1.07. The van der Waals surface area contributed by atoms with Gasteiger partial charge in [-0.25, -0.2) is 0 Å². The summed E-state index contributed by atoms with van der Waals surface area (Å²) >= 11 is 0. The van der Waals surface area contributed by atoms with E-state index in [0.717, 1.165) is 17.8 Å². The maximum absolute atomic E-state index is 11.0. The van der Waals surface area contributed by atoms with Crippen LogP contribution in [-0.4, -0.2) is 32.9 Å². The number of nitrogens with zero attached hydrogens (tertiary/aromatic N) is 4. The van der Waals surface area contributed by atoms with Crippen LogP contribution in [0.3, 0.4) is 0 Å². The highest BCUT2D eigenvalue weighted by molar-refractivity contribution is 5.42. The fraction of sp³-hybridized carbons (Fsp3) is 0.385. The molecule has 104 valence electrons. The molecule has 3 rings (SSSR count). The van der Waals surface area contributed by atoms with Gasteiger partial charge in [0.25, 0.3) is 5.69 Å². The van der Waals surface area contributed by atoms with Gasteiger partial charge in [-0.3, -0.25) is 10.1 Å². The highest BCUT2D eigenvalue weighted by Gasteiger charge is 2.42. The first-order valence-corrected chi connectivity index (χ1v) is 6.31.